The zero-order chi connectivity index (χ0) is 14.6. The van der Waals surface area contributed by atoms with Crippen molar-refractivity contribution in [3.05, 3.63) is 20.7 Å². The number of nitrogens with zero attached hydrogens (tertiary/aromatic N) is 4. The van der Waals surface area contributed by atoms with Gasteiger partial charge < -0.3 is 14.5 Å². The number of likely N-dealkylation sites (N-methyl/N-ethyl adjacent to an activating group) is 2. The molecule has 1 aromatic heterocycles. The topological polar surface area (TPSA) is 71.7 Å². The van der Waals surface area contributed by atoms with E-state index in [1.54, 1.807) is 0 Å². The molecule has 0 spiro atoms. The minimum atomic E-state index is -0.514. The lowest BCUT2D eigenvalue weighted by Gasteiger charge is -2.21. The van der Waals surface area contributed by atoms with Crippen molar-refractivity contribution in [1.82, 2.24) is 9.88 Å². The first-order valence-corrected chi connectivity index (χ1v) is 6.41. The molecule has 0 unspecified atom stereocenters. The fraction of sp³-hybridized carbons (Fsp3) is 0.545. The molecular formula is C11H17BrN4O3. The van der Waals surface area contributed by atoms with Gasteiger partial charge >= 0.3 is 5.69 Å². The highest BCUT2D eigenvalue weighted by atomic mass is 79.9. The van der Waals surface area contributed by atoms with Gasteiger partial charge in [-0.05, 0) is 30.0 Å². The summed E-state index contributed by atoms with van der Waals surface area (Å²) in [6.45, 7) is 1.60. The van der Waals surface area contributed by atoms with Gasteiger partial charge in [0, 0.05) is 26.2 Å². The third-order valence-electron chi connectivity index (χ3n) is 2.54. The van der Waals surface area contributed by atoms with Crippen LogP contribution in [0.5, 0.6) is 5.88 Å². The second-order valence-electron chi connectivity index (χ2n) is 4.30. The van der Waals surface area contributed by atoms with Gasteiger partial charge in [-0.1, -0.05) is 0 Å². The fourth-order valence-electron chi connectivity index (χ4n) is 1.46. The summed E-state index contributed by atoms with van der Waals surface area (Å²) >= 11 is 3.31. The zero-order valence-corrected chi connectivity index (χ0v) is 13.0. The lowest BCUT2D eigenvalue weighted by atomic mass is 10.3. The van der Waals surface area contributed by atoms with Gasteiger partial charge in [-0.25, -0.2) is 0 Å². The van der Waals surface area contributed by atoms with Crippen LogP contribution in [0.25, 0.3) is 0 Å². The van der Waals surface area contributed by atoms with Crippen molar-refractivity contribution in [2.75, 3.05) is 46.2 Å². The van der Waals surface area contributed by atoms with Gasteiger partial charge in [-0.2, -0.15) is 4.98 Å². The fourth-order valence-corrected chi connectivity index (χ4v) is 2.07. The Balaban J connectivity index is 3.05. The van der Waals surface area contributed by atoms with Crippen molar-refractivity contribution >= 4 is 27.4 Å². The van der Waals surface area contributed by atoms with E-state index in [-0.39, 0.29) is 11.6 Å². The maximum Gasteiger partial charge on any atom is 0.332 e. The van der Waals surface area contributed by atoms with Crippen LogP contribution >= 0.6 is 15.9 Å². The molecule has 1 heterocycles. The smallest absolute Gasteiger partial charge is 0.332 e. The maximum absolute atomic E-state index is 10.9. The van der Waals surface area contributed by atoms with Gasteiger partial charge in [-0.15, -0.1) is 0 Å². The van der Waals surface area contributed by atoms with Crippen LogP contribution in [0.15, 0.2) is 10.5 Å². The van der Waals surface area contributed by atoms with Gasteiger partial charge in [-0.3, -0.25) is 10.1 Å². The Labute approximate surface area is 120 Å². The summed E-state index contributed by atoms with van der Waals surface area (Å²) < 4.78 is 5.54. The van der Waals surface area contributed by atoms with E-state index in [4.69, 9.17) is 4.74 Å². The number of halogens is 1. The maximum atomic E-state index is 10.9. The number of ether oxygens (including phenoxy) is 1. The number of rotatable bonds is 6. The summed E-state index contributed by atoms with van der Waals surface area (Å²) in [4.78, 5) is 18.5. The second kappa shape index (κ2) is 6.67. The van der Waals surface area contributed by atoms with E-state index < -0.39 is 4.92 Å². The van der Waals surface area contributed by atoms with Crippen LogP contribution in [0.3, 0.4) is 0 Å². The van der Waals surface area contributed by atoms with Crippen LogP contribution in [-0.4, -0.2) is 56.1 Å². The average molecular weight is 333 g/mol. The second-order valence-corrected chi connectivity index (χ2v) is 5.16. The van der Waals surface area contributed by atoms with Crippen LogP contribution in [-0.2, 0) is 0 Å². The van der Waals surface area contributed by atoms with Crippen molar-refractivity contribution in [1.29, 1.82) is 0 Å². The number of aromatic nitrogens is 1. The average Bonchev–Trinajstić information content (AvgIpc) is 2.35. The summed E-state index contributed by atoms with van der Waals surface area (Å²) in [5.74, 6) is 0.629. The number of pyridine rings is 1. The van der Waals surface area contributed by atoms with Gasteiger partial charge in [0.05, 0.1) is 16.5 Å². The molecule has 7 nitrogen and oxygen atoms in total. The predicted octanol–water partition coefficient (Wildman–Crippen LogP) is 1.76. The minimum Gasteiger partial charge on any atom is -0.476 e. The first-order valence-electron chi connectivity index (χ1n) is 5.61. The van der Waals surface area contributed by atoms with E-state index >= 15 is 0 Å². The lowest BCUT2D eigenvalue weighted by Crippen LogP contribution is -2.29. The molecule has 0 saturated carbocycles. The van der Waals surface area contributed by atoms with E-state index in [1.807, 2.05) is 30.9 Å². The lowest BCUT2D eigenvalue weighted by molar-refractivity contribution is -0.386. The molecule has 0 aliphatic heterocycles. The van der Waals surface area contributed by atoms with Crippen LogP contribution in [0.2, 0.25) is 0 Å². The molecule has 0 N–H and O–H groups in total. The molecule has 0 fully saturated rings. The molecule has 0 atom stereocenters. The number of methoxy groups -OCH3 is 1. The van der Waals surface area contributed by atoms with Gasteiger partial charge in [0.2, 0.25) is 0 Å². The van der Waals surface area contributed by atoms with E-state index in [9.17, 15) is 10.1 Å². The first kappa shape index (κ1) is 15.6. The van der Waals surface area contributed by atoms with E-state index in [0.29, 0.717) is 10.3 Å². The Morgan fingerprint density at radius 1 is 1.42 bits per heavy atom. The van der Waals surface area contributed by atoms with Crippen molar-refractivity contribution in [2.24, 2.45) is 0 Å². The number of hydrogen-bond acceptors (Lipinski definition) is 6. The molecule has 106 valence electrons. The van der Waals surface area contributed by atoms with Crippen LogP contribution in [0.4, 0.5) is 11.5 Å². The molecule has 0 amide bonds. The minimum absolute atomic E-state index is 0.0138. The molecule has 19 heavy (non-hydrogen) atoms. The zero-order valence-electron chi connectivity index (χ0n) is 11.4. The molecule has 0 aliphatic carbocycles. The molecule has 0 bridgehead atoms. The summed E-state index contributed by atoms with van der Waals surface area (Å²) in [5.41, 5.74) is -0.154. The summed E-state index contributed by atoms with van der Waals surface area (Å²) in [7, 11) is 7.20. The van der Waals surface area contributed by atoms with Crippen LogP contribution in [0, 0.1) is 10.1 Å². The van der Waals surface area contributed by atoms with Gasteiger partial charge in [0.15, 0.2) is 0 Å². The van der Waals surface area contributed by atoms with E-state index in [0.717, 1.165) is 13.1 Å². The highest BCUT2D eigenvalue weighted by Gasteiger charge is 2.21. The molecule has 0 aliphatic rings. The molecule has 8 heteroatoms. The van der Waals surface area contributed by atoms with Crippen molar-refractivity contribution in [3.8, 4) is 5.88 Å². The number of hydrogen-bond donors (Lipinski definition) is 0. The quantitative estimate of drug-likeness (QED) is 0.583. The Kier molecular flexibility index (Phi) is 5.49. The van der Waals surface area contributed by atoms with Crippen molar-refractivity contribution in [3.63, 3.8) is 0 Å². The number of nitro groups is 1. The Bertz CT molecular complexity index is 467. The van der Waals surface area contributed by atoms with E-state index in [1.165, 1.54) is 13.2 Å². The Morgan fingerprint density at radius 2 is 2.05 bits per heavy atom. The standard InChI is InChI=1S/C11H17BrN4O3/c1-14(2)5-6-15(3)10-8(12)7-9(16(17)18)11(13-10)19-4/h7H,5-6H2,1-4H3. The third-order valence-corrected chi connectivity index (χ3v) is 3.12. The SMILES string of the molecule is COc1nc(N(C)CCN(C)C)c(Br)cc1[N+](=O)[O-]. The monoisotopic (exact) mass is 332 g/mol. The van der Waals surface area contributed by atoms with Crippen molar-refractivity contribution < 1.29 is 9.66 Å². The molecule has 0 saturated heterocycles. The Hall–Kier alpha value is -1.41. The van der Waals surface area contributed by atoms with Crippen molar-refractivity contribution in [2.45, 2.75) is 0 Å². The van der Waals surface area contributed by atoms with Gasteiger partial charge in [0.25, 0.3) is 5.88 Å². The van der Waals surface area contributed by atoms with Gasteiger partial charge in [0.1, 0.15) is 5.82 Å². The summed E-state index contributed by atoms with van der Waals surface area (Å²) in [6.07, 6.45) is 0. The van der Waals surface area contributed by atoms with Crippen LogP contribution in [0.1, 0.15) is 0 Å². The molecule has 0 radical (unpaired) electrons. The molecular weight excluding hydrogens is 316 g/mol. The predicted molar refractivity (Wildman–Crippen MR) is 77.0 cm³/mol. The largest absolute Gasteiger partial charge is 0.476 e. The Morgan fingerprint density at radius 3 is 2.53 bits per heavy atom. The highest BCUT2D eigenvalue weighted by molar-refractivity contribution is 9.10. The highest BCUT2D eigenvalue weighted by Crippen LogP contribution is 2.33. The summed E-state index contributed by atoms with van der Waals surface area (Å²) in [5, 5.41) is 10.9. The molecule has 1 rings (SSSR count). The van der Waals surface area contributed by atoms with Crippen LogP contribution < -0.4 is 9.64 Å². The normalized spacial score (nSPS) is 10.6. The third kappa shape index (κ3) is 4.03. The molecule has 1 aromatic rings. The van der Waals surface area contributed by atoms with E-state index in [2.05, 4.69) is 20.9 Å². The number of anilines is 1. The first-order chi connectivity index (χ1) is 8.86. The summed E-state index contributed by atoms with van der Waals surface area (Å²) in [6, 6.07) is 1.41. The molecule has 0 aromatic carbocycles.